The fourth-order valence-electron chi connectivity index (χ4n) is 2.51. The van der Waals surface area contributed by atoms with Crippen molar-refractivity contribution in [2.45, 2.75) is 32.6 Å². The molecular weight excluding hydrogens is 278 g/mol. The predicted molar refractivity (Wildman–Crippen MR) is 89.7 cm³/mol. The summed E-state index contributed by atoms with van der Waals surface area (Å²) in [6.45, 7) is 5.00. The topological polar surface area (TPSA) is 29.1 Å². The zero-order valence-electron chi connectivity index (χ0n) is 12.7. The molecule has 1 aromatic carbocycles. The van der Waals surface area contributed by atoms with Crippen molar-refractivity contribution in [3.8, 4) is 0 Å². The molecule has 2 atom stereocenters. The van der Waals surface area contributed by atoms with Crippen LogP contribution >= 0.6 is 11.3 Å². The number of nitrogens with one attached hydrogen (secondary N) is 1. The van der Waals surface area contributed by atoms with Crippen molar-refractivity contribution in [3.63, 3.8) is 0 Å². The van der Waals surface area contributed by atoms with Crippen molar-refractivity contribution in [2.24, 2.45) is 5.92 Å². The first-order chi connectivity index (χ1) is 10.2. The Labute approximate surface area is 131 Å². The molecule has 0 radical (unpaired) electrons. The average Bonchev–Trinajstić information content (AvgIpc) is 3.01. The summed E-state index contributed by atoms with van der Waals surface area (Å²) in [6, 6.07) is 14.3. The number of benzene rings is 1. The van der Waals surface area contributed by atoms with E-state index >= 15 is 0 Å². The molecule has 2 rings (SSSR count). The number of thiophene rings is 1. The lowest BCUT2D eigenvalue weighted by Crippen LogP contribution is -2.33. The van der Waals surface area contributed by atoms with E-state index in [1.54, 1.807) is 11.3 Å². The second-order valence-corrected chi connectivity index (χ2v) is 6.43. The summed E-state index contributed by atoms with van der Waals surface area (Å²) in [7, 11) is 0. The second-order valence-electron chi connectivity index (χ2n) is 5.39. The zero-order chi connectivity index (χ0) is 15.1. The van der Waals surface area contributed by atoms with E-state index < -0.39 is 0 Å². The van der Waals surface area contributed by atoms with Crippen molar-refractivity contribution in [3.05, 3.63) is 58.3 Å². The Bertz CT molecular complexity index is 536. The van der Waals surface area contributed by atoms with Crippen LogP contribution in [0.25, 0.3) is 0 Å². The van der Waals surface area contributed by atoms with Gasteiger partial charge >= 0.3 is 0 Å². The number of carbonyl (C=O) groups is 1. The third-order valence-corrected chi connectivity index (χ3v) is 4.84. The predicted octanol–water partition coefficient (Wildman–Crippen LogP) is 4.24. The van der Waals surface area contributed by atoms with Crippen LogP contribution in [0.4, 0.5) is 0 Å². The number of rotatable bonds is 7. The zero-order valence-corrected chi connectivity index (χ0v) is 13.5. The Morgan fingerprint density at radius 1 is 1.19 bits per heavy atom. The first-order valence-corrected chi connectivity index (χ1v) is 8.45. The van der Waals surface area contributed by atoms with Gasteiger partial charge < -0.3 is 5.32 Å². The van der Waals surface area contributed by atoms with E-state index in [0.717, 1.165) is 18.4 Å². The molecule has 0 saturated carbocycles. The Balaban J connectivity index is 1.98. The summed E-state index contributed by atoms with van der Waals surface area (Å²) in [6.07, 6.45) is 1.91. The van der Waals surface area contributed by atoms with Gasteiger partial charge in [-0.2, -0.15) is 0 Å². The highest BCUT2D eigenvalue weighted by atomic mass is 32.1. The number of hydrogen-bond donors (Lipinski definition) is 1. The molecule has 1 heterocycles. The monoisotopic (exact) mass is 301 g/mol. The van der Waals surface area contributed by atoms with E-state index in [0.29, 0.717) is 12.5 Å². The maximum absolute atomic E-state index is 12.6. The summed E-state index contributed by atoms with van der Waals surface area (Å²) in [5.74, 6) is 0.431. The summed E-state index contributed by atoms with van der Waals surface area (Å²) < 4.78 is 0. The van der Waals surface area contributed by atoms with Crippen molar-refractivity contribution in [2.75, 3.05) is 6.54 Å². The van der Waals surface area contributed by atoms with Gasteiger partial charge in [-0.05, 0) is 29.3 Å². The van der Waals surface area contributed by atoms with Crippen molar-refractivity contribution in [1.82, 2.24) is 5.32 Å². The summed E-state index contributed by atoms with van der Waals surface area (Å²) in [5, 5.41) is 5.17. The third kappa shape index (κ3) is 4.43. The van der Waals surface area contributed by atoms with Crippen molar-refractivity contribution in [1.29, 1.82) is 0 Å². The van der Waals surface area contributed by atoms with Gasteiger partial charge in [-0.25, -0.2) is 0 Å². The van der Waals surface area contributed by atoms with E-state index in [1.165, 1.54) is 4.88 Å². The van der Waals surface area contributed by atoms with Crippen LogP contribution in [0.5, 0.6) is 0 Å². The van der Waals surface area contributed by atoms with Gasteiger partial charge in [0.1, 0.15) is 0 Å². The molecule has 2 unspecified atom stereocenters. The molecule has 0 aliphatic heterocycles. The molecule has 0 aliphatic carbocycles. The molecule has 112 valence electrons. The number of carbonyl (C=O) groups excluding carboxylic acids is 1. The molecule has 0 saturated heterocycles. The Hall–Kier alpha value is -1.61. The lowest BCUT2D eigenvalue weighted by Gasteiger charge is -2.22. The van der Waals surface area contributed by atoms with Gasteiger partial charge in [0, 0.05) is 11.4 Å². The van der Waals surface area contributed by atoms with Crippen LogP contribution in [0.1, 0.15) is 36.6 Å². The van der Waals surface area contributed by atoms with Crippen LogP contribution in [0, 0.1) is 5.92 Å². The third-order valence-electron chi connectivity index (χ3n) is 3.90. The first-order valence-electron chi connectivity index (χ1n) is 7.57. The van der Waals surface area contributed by atoms with Crippen molar-refractivity contribution < 1.29 is 4.79 Å². The van der Waals surface area contributed by atoms with Gasteiger partial charge in [0.15, 0.2) is 0 Å². The van der Waals surface area contributed by atoms with Crippen molar-refractivity contribution >= 4 is 17.2 Å². The van der Waals surface area contributed by atoms with Gasteiger partial charge in [-0.3, -0.25) is 4.79 Å². The smallest absolute Gasteiger partial charge is 0.227 e. The molecule has 2 aromatic rings. The molecule has 1 aromatic heterocycles. The minimum atomic E-state index is -0.0560. The van der Waals surface area contributed by atoms with Crippen LogP contribution in [-0.2, 0) is 11.2 Å². The quantitative estimate of drug-likeness (QED) is 0.814. The lowest BCUT2D eigenvalue weighted by atomic mass is 9.85. The molecule has 1 amide bonds. The van der Waals surface area contributed by atoms with E-state index in [-0.39, 0.29) is 11.8 Å². The van der Waals surface area contributed by atoms with Crippen LogP contribution in [0.15, 0.2) is 47.8 Å². The van der Waals surface area contributed by atoms with E-state index in [2.05, 4.69) is 42.7 Å². The molecule has 0 bridgehead atoms. The molecule has 1 N–H and O–H groups in total. The summed E-state index contributed by atoms with van der Waals surface area (Å²) >= 11 is 1.74. The average molecular weight is 301 g/mol. The van der Waals surface area contributed by atoms with Gasteiger partial charge in [-0.15, -0.1) is 11.3 Å². The highest BCUT2D eigenvalue weighted by Gasteiger charge is 2.25. The van der Waals surface area contributed by atoms with Gasteiger partial charge in [0.2, 0.25) is 5.91 Å². The fourth-order valence-corrected chi connectivity index (χ4v) is 3.22. The van der Waals surface area contributed by atoms with Crippen LogP contribution in [-0.4, -0.2) is 12.5 Å². The Morgan fingerprint density at radius 2 is 1.95 bits per heavy atom. The van der Waals surface area contributed by atoms with E-state index in [9.17, 15) is 4.79 Å². The molecule has 2 nitrogen and oxygen atoms in total. The van der Waals surface area contributed by atoms with Gasteiger partial charge in [-0.1, -0.05) is 56.7 Å². The fraction of sp³-hybridized carbons (Fsp3) is 0.389. The van der Waals surface area contributed by atoms with E-state index in [4.69, 9.17) is 0 Å². The van der Waals surface area contributed by atoms with E-state index in [1.807, 2.05) is 24.3 Å². The van der Waals surface area contributed by atoms with Crippen LogP contribution in [0.3, 0.4) is 0 Å². The minimum absolute atomic E-state index is 0.0560. The SMILES string of the molecule is CCC(C)C(C(=O)NCCc1cccs1)c1ccccc1. The number of hydrogen-bond acceptors (Lipinski definition) is 2. The summed E-state index contributed by atoms with van der Waals surface area (Å²) in [5.41, 5.74) is 1.11. The lowest BCUT2D eigenvalue weighted by molar-refractivity contribution is -0.123. The maximum atomic E-state index is 12.6. The number of amides is 1. The molecule has 3 heteroatoms. The molecule has 0 aliphatic rings. The largest absolute Gasteiger partial charge is 0.355 e. The van der Waals surface area contributed by atoms with Crippen LogP contribution < -0.4 is 5.32 Å². The first kappa shape index (κ1) is 15.8. The molecule has 21 heavy (non-hydrogen) atoms. The van der Waals surface area contributed by atoms with Crippen LogP contribution in [0.2, 0.25) is 0 Å². The molecule has 0 spiro atoms. The second kappa shape index (κ2) is 7.99. The normalized spacial score (nSPS) is 13.6. The standard InChI is InChI=1S/C18H23NOS/c1-3-14(2)17(15-8-5-4-6-9-15)18(20)19-12-11-16-10-7-13-21-16/h4-10,13-14,17H,3,11-12H2,1-2H3,(H,19,20). The Kier molecular flexibility index (Phi) is 6.00. The Morgan fingerprint density at radius 3 is 2.57 bits per heavy atom. The molecule has 0 fully saturated rings. The van der Waals surface area contributed by atoms with Gasteiger partial charge in [0.25, 0.3) is 0 Å². The maximum Gasteiger partial charge on any atom is 0.227 e. The highest BCUT2D eigenvalue weighted by Crippen LogP contribution is 2.27. The summed E-state index contributed by atoms with van der Waals surface area (Å²) in [4.78, 5) is 13.9. The van der Waals surface area contributed by atoms with Gasteiger partial charge in [0.05, 0.1) is 5.92 Å². The highest BCUT2D eigenvalue weighted by molar-refractivity contribution is 7.09. The minimum Gasteiger partial charge on any atom is -0.355 e. The molecular formula is C18H23NOS.